The maximum Gasteiger partial charge on any atom is 0.164 e. The Labute approximate surface area is 72.0 Å². The van der Waals surface area contributed by atoms with Crippen molar-refractivity contribution < 1.29 is 0 Å². The van der Waals surface area contributed by atoms with Crippen LogP contribution in [-0.2, 0) is 13.1 Å². The first-order valence-corrected chi connectivity index (χ1v) is 3.79. The molecule has 4 heteroatoms. The van der Waals surface area contributed by atoms with Crippen LogP contribution in [0.5, 0.6) is 0 Å². The molecule has 1 rings (SSSR count). The molecule has 0 spiro atoms. The Kier molecular flexibility index (Phi) is 3.30. The van der Waals surface area contributed by atoms with E-state index in [-0.39, 0.29) is 0 Å². The van der Waals surface area contributed by atoms with E-state index in [1.807, 2.05) is 14.0 Å². The number of nitrogens with one attached hydrogen (secondary N) is 1. The van der Waals surface area contributed by atoms with Crippen molar-refractivity contribution in [1.82, 2.24) is 20.1 Å². The molecular weight excluding hydrogens is 152 g/mol. The lowest BCUT2D eigenvalue weighted by Crippen LogP contribution is -2.07. The van der Waals surface area contributed by atoms with Gasteiger partial charge in [-0.25, -0.2) is 9.67 Å². The van der Waals surface area contributed by atoms with Crippen LogP contribution in [0.1, 0.15) is 12.7 Å². The van der Waals surface area contributed by atoms with Gasteiger partial charge in [0.1, 0.15) is 12.9 Å². The van der Waals surface area contributed by atoms with Crippen LogP contribution in [0, 0.1) is 11.8 Å². The molecule has 0 fully saturated rings. The highest BCUT2D eigenvalue weighted by atomic mass is 15.3. The second-order valence-electron chi connectivity index (χ2n) is 2.32. The van der Waals surface area contributed by atoms with Gasteiger partial charge in [0.2, 0.25) is 0 Å². The molecule has 0 aliphatic carbocycles. The Morgan fingerprint density at radius 1 is 1.67 bits per heavy atom. The Morgan fingerprint density at radius 3 is 3.17 bits per heavy atom. The second-order valence-corrected chi connectivity index (χ2v) is 2.32. The zero-order chi connectivity index (χ0) is 8.81. The normalized spacial score (nSPS) is 9.17. The molecule has 0 aromatic carbocycles. The minimum Gasteiger partial charge on any atom is -0.313 e. The Morgan fingerprint density at radius 2 is 2.50 bits per heavy atom. The molecule has 0 bridgehead atoms. The van der Waals surface area contributed by atoms with E-state index in [9.17, 15) is 0 Å². The summed E-state index contributed by atoms with van der Waals surface area (Å²) in [4.78, 5) is 4.08. The molecule has 12 heavy (non-hydrogen) atoms. The van der Waals surface area contributed by atoms with Gasteiger partial charge in [-0.1, -0.05) is 5.92 Å². The summed E-state index contributed by atoms with van der Waals surface area (Å²) in [6, 6.07) is 0. The monoisotopic (exact) mass is 164 g/mol. The highest BCUT2D eigenvalue weighted by molar-refractivity contribution is 4.95. The van der Waals surface area contributed by atoms with Crippen molar-refractivity contribution in [1.29, 1.82) is 0 Å². The molecule has 1 aromatic heterocycles. The van der Waals surface area contributed by atoms with Crippen LogP contribution >= 0.6 is 0 Å². The van der Waals surface area contributed by atoms with Gasteiger partial charge in [0.25, 0.3) is 0 Å². The van der Waals surface area contributed by atoms with Crippen molar-refractivity contribution in [3.05, 3.63) is 12.2 Å². The molecule has 0 aliphatic rings. The quantitative estimate of drug-likeness (QED) is 0.640. The third-order valence-electron chi connectivity index (χ3n) is 1.34. The second kappa shape index (κ2) is 4.52. The molecule has 0 aliphatic heterocycles. The van der Waals surface area contributed by atoms with Crippen LogP contribution in [0.25, 0.3) is 0 Å². The van der Waals surface area contributed by atoms with Gasteiger partial charge in [0.15, 0.2) is 5.82 Å². The van der Waals surface area contributed by atoms with Crippen LogP contribution in [0.2, 0.25) is 0 Å². The fraction of sp³-hybridized carbons (Fsp3) is 0.500. The van der Waals surface area contributed by atoms with Crippen LogP contribution in [-0.4, -0.2) is 21.8 Å². The highest BCUT2D eigenvalue weighted by Crippen LogP contribution is 1.87. The third kappa shape index (κ3) is 2.36. The lowest BCUT2D eigenvalue weighted by atomic mass is 10.6. The highest BCUT2D eigenvalue weighted by Gasteiger charge is 1.96. The summed E-state index contributed by atoms with van der Waals surface area (Å²) in [5.41, 5.74) is 0. The molecule has 0 saturated heterocycles. The van der Waals surface area contributed by atoms with E-state index in [2.05, 4.69) is 27.2 Å². The summed E-state index contributed by atoms with van der Waals surface area (Å²) < 4.78 is 1.73. The molecule has 1 heterocycles. The van der Waals surface area contributed by atoms with Crippen molar-refractivity contribution in [3.8, 4) is 11.8 Å². The minimum absolute atomic E-state index is 0.618. The molecule has 0 saturated carbocycles. The maximum atomic E-state index is 4.18. The molecule has 0 amide bonds. The summed E-state index contributed by atoms with van der Waals surface area (Å²) in [5, 5.41) is 7.16. The summed E-state index contributed by atoms with van der Waals surface area (Å²) in [5.74, 6) is 6.51. The van der Waals surface area contributed by atoms with Crippen molar-refractivity contribution in [3.63, 3.8) is 0 Å². The van der Waals surface area contributed by atoms with Gasteiger partial charge in [-0.3, -0.25) is 0 Å². The van der Waals surface area contributed by atoms with Crippen molar-refractivity contribution in [2.24, 2.45) is 0 Å². The first-order chi connectivity index (χ1) is 5.86. The molecule has 64 valence electrons. The zero-order valence-electron chi connectivity index (χ0n) is 7.33. The Bertz CT molecular complexity index is 291. The third-order valence-corrected chi connectivity index (χ3v) is 1.34. The number of hydrogen-bond acceptors (Lipinski definition) is 3. The molecule has 1 N–H and O–H groups in total. The van der Waals surface area contributed by atoms with Gasteiger partial charge in [0, 0.05) is 0 Å². The number of aromatic nitrogens is 3. The first kappa shape index (κ1) is 8.75. The predicted molar refractivity (Wildman–Crippen MR) is 46.2 cm³/mol. The Balaban J connectivity index is 2.55. The van der Waals surface area contributed by atoms with Gasteiger partial charge in [-0.05, 0) is 14.0 Å². The smallest absolute Gasteiger partial charge is 0.164 e. The summed E-state index contributed by atoms with van der Waals surface area (Å²) in [6.07, 6.45) is 1.69. The SMILES string of the molecule is CC#CCn1cnc(CNC)n1. The predicted octanol–water partition coefficient (Wildman–Crippen LogP) is 0.0208. The fourth-order valence-corrected chi connectivity index (χ4v) is 0.809. The van der Waals surface area contributed by atoms with E-state index in [0.29, 0.717) is 13.1 Å². The van der Waals surface area contributed by atoms with Gasteiger partial charge in [0.05, 0.1) is 6.54 Å². The van der Waals surface area contributed by atoms with E-state index in [4.69, 9.17) is 0 Å². The lowest BCUT2D eigenvalue weighted by Gasteiger charge is -1.91. The van der Waals surface area contributed by atoms with Crippen LogP contribution in [0.3, 0.4) is 0 Å². The summed E-state index contributed by atoms with van der Waals surface area (Å²) >= 11 is 0. The molecule has 0 radical (unpaired) electrons. The Hall–Kier alpha value is -1.34. The van der Waals surface area contributed by atoms with E-state index in [1.54, 1.807) is 11.0 Å². The minimum atomic E-state index is 0.618. The number of rotatable bonds is 3. The molecule has 0 unspecified atom stereocenters. The largest absolute Gasteiger partial charge is 0.313 e. The van der Waals surface area contributed by atoms with Gasteiger partial charge in [-0.2, -0.15) is 5.10 Å². The van der Waals surface area contributed by atoms with E-state index < -0.39 is 0 Å². The standard InChI is InChI=1S/C8H12N4/c1-3-4-5-12-7-10-8(11-12)6-9-2/h7,9H,5-6H2,1-2H3. The number of nitrogens with zero attached hydrogens (tertiary/aromatic N) is 3. The number of hydrogen-bond donors (Lipinski definition) is 1. The average molecular weight is 164 g/mol. The molecule has 1 aromatic rings. The van der Waals surface area contributed by atoms with E-state index in [0.717, 1.165) is 5.82 Å². The van der Waals surface area contributed by atoms with Crippen molar-refractivity contribution >= 4 is 0 Å². The zero-order valence-corrected chi connectivity index (χ0v) is 7.33. The lowest BCUT2D eigenvalue weighted by molar-refractivity contribution is 0.678. The summed E-state index contributed by atoms with van der Waals surface area (Å²) in [6.45, 7) is 3.13. The molecule has 0 atom stereocenters. The van der Waals surface area contributed by atoms with Crippen molar-refractivity contribution in [2.45, 2.75) is 20.0 Å². The average Bonchev–Trinajstić information content (AvgIpc) is 2.50. The van der Waals surface area contributed by atoms with Crippen LogP contribution < -0.4 is 5.32 Å². The van der Waals surface area contributed by atoms with Crippen LogP contribution in [0.4, 0.5) is 0 Å². The fourth-order valence-electron chi connectivity index (χ4n) is 0.809. The maximum absolute atomic E-state index is 4.18. The van der Waals surface area contributed by atoms with Gasteiger partial charge in [-0.15, -0.1) is 5.92 Å². The van der Waals surface area contributed by atoms with Gasteiger partial charge < -0.3 is 5.32 Å². The van der Waals surface area contributed by atoms with Gasteiger partial charge >= 0.3 is 0 Å². The summed E-state index contributed by atoms with van der Waals surface area (Å²) in [7, 11) is 1.87. The topological polar surface area (TPSA) is 42.7 Å². The van der Waals surface area contributed by atoms with Crippen LogP contribution in [0.15, 0.2) is 6.33 Å². The first-order valence-electron chi connectivity index (χ1n) is 3.79. The molecular formula is C8H12N4. The van der Waals surface area contributed by atoms with Crippen molar-refractivity contribution in [2.75, 3.05) is 7.05 Å². The molecule has 4 nitrogen and oxygen atoms in total. The van der Waals surface area contributed by atoms with E-state index in [1.165, 1.54) is 0 Å². The van der Waals surface area contributed by atoms with E-state index >= 15 is 0 Å².